The first kappa shape index (κ1) is 16.1. The number of benzene rings is 1. The third-order valence-corrected chi connectivity index (χ3v) is 5.11. The van der Waals surface area contributed by atoms with Crippen LogP contribution in [0.5, 0.6) is 0 Å². The minimum absolute atomic E-state index is 0.0607. The Hall–Kier alpha value is -1.75. The van der Waals surface area contributed by atoms with Crippen molar-refractivity contribution in [2.45, 2.75) is 44.7 Å². The minimum atomic E-state index is -0.723. The summed E-state index contributed by atoms with van der Waals surface area (Å²) in [6, 6.07) is 5.86. The first-order valence-corrected chi connectivity index (χ1v) is 8.46. The van der Waals surface area contributed by atoms with Crippen molar-refractivity contribution >= 4 is 23.6 Å². The molecule has 2 N–H and O–H groups in total. The lowest BCUT2D eigenvalue weighted by Gasteiger charge is -2.32. The second kappa shape index (κ2) is 6.79. The Morgan fingerprint density at radius 2 is 1.91 bits per heavy atom. The standard InChI is InChI=1S/C17H21ClN2O3/c18-14-4-1-11-7-8-20(10-13(11)9-14)17(23)19-15-5-2-12(3-6-15)16(21)22/h1,4,9,12,15H,2-3,5-8,10H2,(H,19,23)(H,21,22). The molecule has 0 bridgehead atoms. The number of nitrogens with one attached hydrogen (secondary N) is 1. The first-order chi connectivity index (χ1) is 11.0. The van der Waals surface area contributed by atoms with E-state index in [2.05, 4.69) is 5.32 Å². The monoisotopic (exact) mass is 336 g/mol. The molecule has 0 radical (unpaired) electrons. The molecule has 1 aromatic rings. The van der Waals surface area contributed by atoms with Gasteiger partial charge in [-0.25, -0.2) is 4.79 Å². The number of carboxylic acid groups (broad SMARTS) is 1. The predicted octanol–water partition coefficient (Wildman–Crippen LogP) is 3.05. The summed E-state index contributed by atoms with van der Waals surface area (Å²) < 4.78 is 0. The topological polar surface area (TPSA) is 69.6 Å². The summed E-state index contributed by atoms with van der Waals surface area (Å²) in [5.74, 6) is -0.980. The van der Waals surface area contributed by atoms with Crippen molar-refractivity contribution in [2.75, 3.05) is 6.54 Å². The van der Waals surface area contributed by atoms with Crippen LogP contribution in [0.2, 0.25) is 5.02 Å². The van der Waals surface area contributed by atoms with Gasteiger partial charge in [0.1, 0.15) is 0 Å². The van der Waals surface area contributed by atoms with Crippen molar-refractivity contribution < 1.29 is 14.7 Å². The molecule has 0 spiro atoms. The van der Waals surface area contributed by atoms with Gasteiger partial charge >= 0.3 is 12.0 Å². The van der Waals surface area contributed by atoms with Crippen LogP contribution in [-0.2, 0) is 17.8 Å². The SMILES string of the molecule is O=C(O)C1CCC(NC(=O)N2CCc3ccc(Cl)cc3C2)CC1. The zero-order chi connectivity index (χ0) is 16.4. The minimum Gasteiger partial charge on any atom is -0.481 e. The fraction of sp³-hybridized carbons (Fsp3) is 0.529. The Labute approximate surface area is 140 Å². The molecule has 2 amide bonds. The highest BCUT2D eigenvalue weighted by Gasteiger charge is 2.28. The Morgan fingerprint density at radius 1 is 1.17 bits per heavy atom. The average Bonchev–Trinajstić information content (AvgIpc) is 2.54. The number of hydrogen-bond acceptors (Lipinski definition) is 2. The largest absolute Gasteiger partial charge is 0.481 e. The summed E-state index contributed by atoms with van der Waals surface area (Å²) in [4.78, 5) is 25.2. The Balaban J connectivity index is 1.55. The number of halogens is 1. The number of carboxylic acids is 1. The van der Waals surface area contributed by atoms with Crippen molar-refractivity contribution in [1.82, 2.24) is 10.2 Å². The Kier molecular flexibility index (Phi) is 4.76. The van der Waals surface area contributed by atoms with Crippen LogP contribution >= 0.6 is 11.6 Å². The van der Waals surface area contributed by atoms with E-state index in [0.717, 1.165) is 24.8 Å². The third-order valence-electron chi connectivity index (χ3n) is 4.87. The molecule has 1 aliphatic heterocycles. The molecule has 2 aliphatic rings. The van der Waals surface area contributed by atoms with E-state index in [1.807, 2.05) is 23.1 Å². The van der Waals surface area contributed by atoms with Crippen molar-refractivity contribution in [3.63, 3.8) is 0 Å². The van der Waals surface area contributed by atoms with Crippen LogP contribution in [0.25, 0.3) is 0 Å². The molecular weight excluding hydrogens is 316 g/mol. The van der Waals surface area contributed by atoms with Crippen molar-refractivity contribution in [3.05, 3.63) is 34.3 Å². The number of amides is 2. The van der Waals surface area contributed by atoms with E-state index in [1.54, 1.807) is 0 Å². The molecule has 5 nitrogen and oxygen atoms in total. The maximum Gasteiger partial charge on any atom is 0.317 e. The molecule has 1 aromatic carbocycles. The summed E-state index contributed by atoms with van der Waals surface area (Å²) in [6.07, 6.45) is 3.58. The van der Waals surface area contributed by atoms with Gasteiger partial charge in [0.05, 0.1) is 5.92 Å². The Morgan fingerprint density at radius 3 is 2.61 bits per heavy atom. The van der Waals surface area contributed by atoms with Crippen LogP contribution in [0.1, 0.15) is 36.8 Å². The molecule has 1 fully saturated rings. The van der Waals surface area contributed by atoms with E-state index in [4.69, 9.17) is 16.7 Å². The number of fused-ring (bicyclic) bond motifs is 1. The van der Waals surface area contributed by atoms with Crippen molar-refractivity contribution in [3.8, 4) is 0 Å². The smallest absolute Gasteiger partial charge is 0.317 e. The van der Waals surface area contributed by atoms with Gasteiger partial charge in [-0.1, -0.05) is 17.7 Å². The van der Waals surface area contributed by atoms with Gasteiger partial charge < -0.3 is 15.3 Å². The van der Waals surface area contributed by atoms with Crippen LogP contribution in [0.4, 0.5) is 4.79 Å². The second-order valence-corrected chi connectivity index (χ2v) is 6.86. The number of carbonyl (C=O) groups excluding carboxylic acids is 1. The van der Waals surface area contributed by atoms with Crippen molar-refractivity contribution in [1.29, 1.82) is 0 Å². The molecule has 1 saturated carbocycles. The Bertz CT molecular complexity index is 612. The summed E-state index contributed by atoms with van der Waals surface area (Å²) in [6.45, 7) is 1.27. The highest BCUT2D eigenvalue weighted by atomic mass is 35.5. The zero-order valence-corrected chi connectivity index (χ0v) is 13.7. The molecule has 1 aliphatic carbocycles. The van der Waals surface area contributed by atoms with Gasteiger partial charge in [0.15, 0.2) is 0 Å². The fourth-order valence-electron chi connectivity index (χ4n) is 3.45. The number of hydrogen-bond donors (Lipinski definition) is 2. The van der Waals surface area contributed by atoms with Crippen LogP contribution in [0.15, 0.2) is 18.2 Å². The highest BCUT2D eigenvalue weighted by molar-refractivity contribution is 6.30. The molecular formula is C17H21ClN2O3. The molecule has 6 heteroatoms. The van der Waals surface area contributed by atoms with Gasteiger partial charge in [0, 0.05) is 24.2 Å². The van der Waals surface area contributed by atoms with E-state index in [0.29, 0.717) is 31.0 Å². The number of urea groups is 1. The van der Waals surface area contributed by atoms with E-state index in [-0.39, 0.29) is 18.0 Å². The normalized spacial score (nSPS) is 24.0. The van der Waals surface area contributed by atoms with Gasteiger partial charge in [-0.05, 0) is 55.4 Å². The predicted molar refractivity (Wildman–Crippen MR) is 87.5 cm³/mol. The molecule has 124 valence electrons. The van der Waals surface area contributed by atoms with E-state index >= 15 is 0 Å². The highest BCUT2D eigenvalue weighted by Crippen LogP contribution is 2.26. The number of aliphatic carboxylic acids is 1. The van der Waals surface area contributed by atoms with Crippen molar-refractivity contribution in [2.24, 2.45) is 5.92 Å². The quantitative estimate of drug-likeness (QED) is 0.872. The van der Waals surface area contributed by atoms with Crippen LogP contribution in [-0.4, -0.2) is 34.6 Å². The second-order valence-electron chi connectivity index (χ2n) is 6.42. The third kappa shape index (κ3) is 3.78. The molecule has 0 unspecified atom stereocenters. The van der Waals surface area contributed by atoms with Crippen LogP contribution < -0.4 is 5.32 Å². The molecule has 0 aromatic heterocycles. The average molecular weight is 337 g/mol. The molecule has 3 rings (SSSR count). The van der Waals surface area contributed by atoms with E-state index in [1.165, 1.54) is 5.56 Å². The summed E-state index contributed by atoms with van der Waals surface area (Å²) in [5, 5.41) is 12.8. The van der Waals surface area contributed by atoms with E-state index in [9.17, 15) is 9.59 Å². The number of rotatable bonds is 2. The fourth-order valence-corrected chi connectivity index (χ4v) is 3.64. The van der Waals surface area contributed by atoms with Gasteiger partial charge in [0.2, 0.25) is 0 Å². The summed E-state index contributed by atoms with van der Waals surface area (Å²) >= 11 is 6.03. The van der Waals surface area contributed by atoms with Crippen LogP contribution in [0, 0.1) is 5.92 Å². The zero-order valence-electron chi connectivity index (χ0n) is 12.9. The van der Waals surface area contributed by atoms with Crippen LogP contribution in [0.3, 0.4) is 0 Å². The first-order valence-electron chi connectivity index (χ1n) is 8.08. The lowest BCUT2D eigenvalue weighted by Crippen LogP contribution is -2.47. The lowest BCUT2D eigenvalue weighted by atomic mass is 9.86. The van der Waals surface area contributed by atoms with Gasteiger partial charge in [-0.3, -0.25) is 4.79 Å². The van der Waals surface area contributed by atoms with E-state index < -0.39 is 5.97 Å². The maximum atomic E-state index is 12.4. The number of carbonyl (C=O) groups is 2. The summed E-state index contributed by atoms with van der Waals surface area (Å²) in [5.41, 5.74) is 2.36. The number of nitrogens with zero attached hydrogens (tertiary/aromatic N) is 1. The maximum absolute atomic E-state index is 12.4. The van der Waals surface area contributed by atoms with Gasteiger partial charge in [-0.2, -0.15) is 0 Å². The molecule has 1 heterocycles. The molecule has 0 saturated heterocycles. The van der Waals surface area contributed by atoms with Gasteiger partial charge in [0.25, 0.3) is 0 Å². The molecule has 23 heavy (non-hydrogen) atoms. The molecule has 0 atom stereocenters. The summed E-state index contributed by atoms with van der Waals surface area (Å²) in [7, 11) is 0. The lowest BCUT2D eigenvalue weighted by molar-refractivity contribution is -0.142. The van der Waals surface area contributed by atoms with Gasteiger partial charge in [-0.15, -0.1) is 0 Å².